The molecule has 0 aromatic carbocycles. The highest BCUT2D eigenvalue weighted by Crippen LogP contribution is 2.17. The molecular formula is C9H14N2O. The molecule has 1 atom stereocenters. The minimum atomic E-state index is 0.0945. The van der Waals surface area contributed by atoms with Gasteiger partial charge >= 0.3 is 0 Å². The van der Waals surface area contributed by atoms with Crippen molar-refractivity contribution in [2.45, 2.75) is 33.2 Å². The lowest BCUT2D eigenvalue weighted by Crippen LogP contribution is -2.06. The summed E-state index contributed by atoms with van der Waals surface area (Å²) in [5.74, 6) is 0.325. The second kappa shape index (κ2) is 3.61. The van der Waals surface area contributed by atoms with Crippen LogP contribution in [0.15, 0.2) is 22.0 Å². The number of Topliss-reactive ketones (excluding diaryl/α,β-unsaturated/α-hetero) is 1. The second-order valence-electron chi connectivity index (χ2n) is 3.41. The maximum atomic E-state index is 11.3. The fourth-order valence-corrected chi connectivity index (χ4v) is 0.987. The van der Waals surface area contributed by atoms with Gasteiger partial charge in [-0.25, -0.2) is 0 Å². The number of hydrogen-bond donors (Lipinski definition) is 0. The minimum absolute atomic E-state index is 0.0945. The zero-order chi connectivity index (χ0) is 9.14. The molecule has 0 saturated heterocycles. The van der Waals surface area contributed by atoms with Crippen LogP contribution in [0.2, 0.25) is 0 Å². The zero-order valence-corrected chi connectivity index (χ0v) is 7.74. The molecule has 0 spiro atoms. The molecule has 3 heteroatoms. The largest absolute Gasteiger partial charge is 0.299 e. The van der Waals surface area contributed by atoms with Gasteiger partial charge in [-0.05, 0) is 13.0 Å². The normalized spacial score (nSPS) is 21.7. The molecule has 1 unspecified atom stereocenters. The Hall–Kier alpha value is -0.990. The van der Waals surface area contributed by atoms with Crippen molar-refractivity contribution in [2.75, 3.05) is 0 Å². The fourth-order valence-electron chi connectivity index (χ4n) is 0.987. The van der Waals surface area contributed by atoms with Crippen LogP contribution in [0, 0.1) is 5.92 Å². The minimum Gasteiger partial charge on any atom is -0.299 e. The first kappa shape index (κ1) is 9.10. The quantitative estimate of drug-likeness (QED) is 0.634. The Balaban J connectivity index is 2.48. The first-order chi connectivity index (χ1) is 5.59. The van der Waals surface area contributed by atoms with Crippen molar-refractivity contribution in [1.82, 2.24) is 0 Å². The number of nitrogens with zero attached hydrogens (tertiary/aromatic N) is 2. The molecular weight excluding hydrogens is 152 g/mol. The molecule has 0 radical (unpaired) electrons. The molecule has 0 fully saturated rings. The number of allylic oxidation sites excluding steroid dienone is 1. The number of ketones is 1. The highest BCUT2D eigenvalue weighted by atomic mass is 16.1. The van der Waals surface area contributed by atoms with Crippen LogP contribution in [0.1, 0.15) is 27.2 Å². The molecule has 0 aliphatic carbocycles. The van der Waals surface area contributed by atoms with E-state index in [9.17, 15) is 4.79 Å². The number of rotatable bonds is 3. The van der Waals surface area contributed by atoms with Gasteiger partial charge in [0.05, 0.1) is 18.2 Å². The molecule has 0 aromatic rings. The molecule has 0 saturated carbocycles. The molecule has 12 heavy (non-hydrogen) atoms. The van der Waals surface area contributed by atoms with Gasteiger partial charge in [-0.15, -0.1) is 0 Å². The van der Waals surface area contributed by atoms with Crippen LogP contribution < -0.4 is 0 Å². The molecule has 0 bridgehead atoms. The second-order valence-corrected chi connectivity index (χ2v) is 3.41. The lowest BCUT2D eigenvalue weighted by atomic mass is 10.0. The Kier molecular flexibility index (Phi) is 2.74. The van der Waals surface area contributed by atoms with Crippen LogP contribution in [0.4, 0.5) is 0 Å². The fraction of sp³-hybridized carbons (Fsp3) is 0.667. The van der Waals surface area contributed by atoms with Gasteiger partial charge in [-0.1, -0.05) is 13.8 Å². The van der Waals surface area contributed by atoms with Crippen molar-refractivity contribution in [3.05, 3.63) is 11.8 Å². The van der Waals surface area contributed by atoms with E-state index in [1.165, 1.54) is 0 Å². The zero-order valence-electron chi connectivity index (χ0n) is 7.74. The third-order valence-corrected chi connectivity index (χ3v) is 1.80. The smallest absolute Gasteiger partial charge is 0.141 e. The SMILES string of the molecule is CC1C=C(CC(=O)C(C)C)N=N1. The van der Waals surface area contributed by atoms with Crippen LogP contribution >= 0.6 is 0 Å². The van der Waals surface area contributed by atoms with E-state index in [1.54, 1.807) is 0 Å². The Morgan fingerprint density at radius 2 is 2.33 bits per heavy atom. The van der Waals surface area contributed by atoms with Gasteiger partial charge in [0.15, 0.2) is 0 Å². The highest BCUT2D eigenvalue weighted by molar-refractivity contribution is 5.82. The van der Waals surface area contributed by atoms with E-state index in [4.69, 9.17) is 0 Å². The maximum absolute atomic E-state index is 11.3. The summed E-state index contributed by atoms with van der Waals surface area (Å²) in [5.41, 5.74) is 0.821. The first-order valence-electron chi connectivity index (χ1n) is 4.24. The van der Waals surface area contributed by atoms with Gasteiger partial charge in [-0.2, -0.15) is 10.2 Å². The summed E-state index contributed by atoms with van der Waals surface area (Å²) in [7, 11) is 0. The van der Waals surface area contributed by atoms with Crippen molar-refractivity contribution in [1.29, 1.82) is 0 Å². The van der Waals surface area contributed by atoms with Crippen molar-refractivity contribution in [3.63, 3.8) is 0 Å². The van der Waals surface area contributed by atoms with E-state index >= 15 is 0 Å². The molecule has 1 aliphatic heterocycles. The van der Waals surface area contributed by atoms with Gasteiger partial charge in [0.25, 0.3) is 0 Å². The lowest BCUT2D eigenvalue weighted by molar-refractivity contribution is -0.121. The maximum Gasteiger partial charge on any atom is 0.141 e. The van der Waals surface area contributed by atoms with Gasteiger partial charge in [0.1, 0.15) is 5.78 Å². The summed E-state index contributed by atoms with van der Waals surface area (Å²) >= 11 is 0. The Morgan fingerprint density at radius 1 is 1.67 bits per heavy atom. The molecule has 3 nitrogen and oxygen atoms in total. The number of azo groups is 1. The van der Waals surface area contributed by atoms with E-state index in [0.29, 0.717) is 6.42 Å². The van der Waals surface area contributed by atoms with Crippen LogP contribution in [-0.2, 0) is 4.79 Å². The third-order valence-electron chi connectivity index (χ3n) is 1.80. The molecule has 66 valence electrons. The molecule has 0 N–H and O–H groups in total. The summed E-state index contributed by atoms with van der Waals surface area (Å²) in [4.78, 5) is 11.3. The lowest BCUT2D eigenvalue weighted by Gasteiger charge is -2.00. The van der Waals surface area contributed by atoms with E-state index in [-0.39, 0.29) is 17.7 Å². The average Bonchev–Trinajstić information content (AvgIpc) is 2.35. The Bertz CT molecular complexity index is 241. The van der Waals surface area contributed by atoms with Gasteiger partial charge in [-0.3, -0.25) is 4.79 Å². The molecule has 1 aliphatic rings. The summed E-state index contributed by atoms with van der Waals surface area (Å²) in [6.07, 6.45) is 2.37. The topological polar surface area (TPSA) is 41.8 Å². The van der Waals surface area contributed by atoms with Gasteiger partial charge in [0.2, 0.25) is 0 Å². The van der Waals surface area contributed by atoms with Gasteiger partial charge < -0.3 is 0 Å². The number of hydrogen-bond acceptors (Lipinski definition) is 3. The predicted octanol–water partition coefficient (Wildman–Crippen LogP) is 2.34. The molecule has 0 amide bonds. The van der Waals surface area contributed by atoms with Crippen molar-refractivity contribution in [2.24, 2.45) is 16.1 Å². The predicted molar refractivity (Wildman–Crippen MR) is 46.9 cm³/mol. The van der Waals surface area contributed by atoms with Gasteiger partial charge in [0, 0.05) is 5.92 Å². The average molecular weight is 166 g/mol. The van der Waals surface area contributed by atoms with Crippen molar-refractivity contribution in [3.8, 4) is 0 Å². The van der Waals surface area contributed by atoms with E-state index in [0.717, 1.165) is 5.70 Å². The van der Waals surface area contributed by atoms with Crippen molar-refractivity contribution >= 4 is 5.78 Å². The number of carbonyl (C=O) groups excluding carboxylic acids is 1. The van der Waals surface area contributed by atoms with Crippen molar-refractivity contribution < 1.29 is 4.79 Å². The Morgan fingerprint density at radius 3 is 2.75 bits per heavy atom. The standard InChI is InChI=1S/C9H14N2O/c1-6(2)9(12)5-8-4-7(3)10-11-8/h4,6-7H,5H2,1-3H3. The first-order valence-corrected chi connectivity index (χ1v) is 4.24. The van der Waals surface area contributed by atoms with E-state index < -0.39 is 0 Å². The molecule has 1 rings (SSSR count). The summed E-state index contributed by atoms with van der Waals surface area (Å²) in [6.45, 7) is 5.76. The third kappa shape index (κ3) is 2.26. The summed E-state index contributed by atoms with van der Waals surface area (Å²) in [5, 5.41) is 7.81. The van der Waals surface area contributed by atoms with Crippen LogP contribution in [0.25, 0.3) is 0 Å². The van der Waals surface area contributed by atoms with E-state index in [2.05, 4.69) is 10.2 Å². The highest BCUT2D eigenvalue weighted by Gasteiger charge is 2.13. The monoisotopic (exact) mass is 166 g/mol. The summed E-state index contributed by atoms with van der Waals surface area (Å²) in [6, 6.07) is 0.153. The van der Waals surface area contributed by atoms with Crippen LogP contribution in [0.3, 0.4) is 0 Å². The molecule has 1 heterocycles. The molecule has 0 aromatic heterocycles. The van der Waals surface area contributed by atoms with Crippen LogP contribution in [0.5, 0.6) is 0 Å². The number of carbonyl (C=O) groups is 1. The summed E-state index contributed by atoms with van der Waals surface area (Å²) < 4.78 is 0. The van der Waals surface area contributed by atoms with Crippen LogP contribution in [-0.4, -0.2) is 11.8 Å². The van der Waals surface area contributed by atoms with E-state index in [1.807, 2.05) is 26.8 Å². The Labute approximate surface area is 72.6 Å².